The Labute approximate surface area is 114 Å². The molecule has 1 aliphatic rings. The first-order valence-corrected chi connectivity index (χ1v) is 5.92. The molecule has 20 heavy (non-hydrogen) atoms. The minimum atomic E-state index is -1.45. The fourth-order valence-corrected chi connectivity index (χ4v) is 1.93. The van der Waals surface area contributed by atoms with E-state index in [1.165, 1.54) is 0 Å². The monoisotopic (exact) mass is 279 g/mol. The largest absolute Gasteiger partial charge is 0.481 e. The molecule has 0 spiro atoms. The third-order valence-electron chi connectivity index (χ3n) is 2.97. The van der Waals surface area contributed by atoms with Crippen molar-refractivity contribution in [2.75, 3.05) is 0 Å². The fourth-order valence-electron chi connectivity index (χ4n) is 1.93. The van der Waals surface area contributed by atoms with Crippen LogP contribution in [0.25, 0.3) is 0 Å². The average molecular weight is 279 g/mol. The molecule has 1 atom stereocenters. The third kappa shape index (κ3) is 3.12. The normalized spacial score (nSPS) is 14.4. The van der Waals surface area contributed by atoms with E-state index < -0.39 is 30.3 Å². The molecule has 0 aliphatic carbocycles. The smallest absolute Gasteiger partial charge is 0.326 e. The van der Waals surface area contributed by atoms with Crippen LogP contribution < -0.4 is 5.32 Å². The molecule has 1 aliphatic heterocycles. The Morgan fingerprint density at radius 2 is 1.90 bits per heavy atom. The van der Waals surface area contributed by atoms with Crippen LogP contribution in [0.5, 0.6) is 0 Å². The Balaban J connectivity index is 2.10. The van der Waals surface area contributed by atoms with Crippen molar-refractivity contribution in [1.29, 1.82) is 0 Å². The van der Waals surface area contributed by atoms with Gasteiger partial charge < -0.3 is 20.3 Å². The van der Waals surface area contributed by atoms with Crippen molar-refractivity contribution in [2.45, 2.75) is 25.7 Å². The Hall–Kier alpha value is -2.41. The summed E-state index contributed by atoms with van der Waals surface area (Å²) in [4.78, 5) is 33.4. The molecule has 0 bridgehead atoms. The van der Waals surface area contributed by atoms with Crippen molar-refractivity contribution in [2.24, 2.45) is 0 Å². The van der Waals surface area contributed by atoms with Crippen LogP contribution >= 0.6 is 0 Å². The highest BCUT2D eigenvalue weighted by molar-refractivity contribution is 5.97. The van der Waals surface area contributed by atoms with E-state index in [-0.39, 0.29) is 5.56 Å². The molecule has 2 rings (SSSR count). The van der Waals surface area contributed by atoms with Crippen molar-refractivity contribution >= 4 is 17.8 Å². The fraction of sp³-hybridized carbons (Fsp3) is 0.308. The molecule has 1 aromatic carbocycles. The maximum absolute atomic E-state index is 11.9. The Kier molecular flexibility index (Phi) is 3.99. The summed E-state index contributed by atoms with van der Waals surface area (Å²) in [7, 11) is 0. The molecule has 0 aromatic heterocycles. The number of fused-ring (bicyclic) bond motifs is 1. The van der Waals surface area contributed by atoms with Crippen LogP contribution in [0, 0.1) is 0 Å². The van der Waals surface area contributed by atoms with Crippen LogP contribution in [0.1, 0.15) is 27.9 Å². The third-order valence-corrected chi connectivity index (χ3v) is 2.97. The van der Waals surface area contributed by atoms with E-state index in [9.17, 15) is 14.4 Å². The second-order valence-electron chi connectivity index (χ2n) is 4.44. The first kappa shape index (κ1) is 14.0. The van der Waals surface area contributed by atoms with Crippen LogP contribution in [0.3, 0.4) is 0 Å². The number of ether oxygens (including phenoxy) is 1. The summed E-state index contributed by atoms with van der Waals surface area (Å²) in [5.41, 5.74) is 2.15. The van der Waals surface area contributed by atoms with Crippen molar-refractivity contribution in [3.63, 3.8) is 0 Å². The molecule has 0 radical (unpaired) electrons. The predicted molar refractivity (Wildman–Crippen MR) is 66.1 cm³/mol. The average Bonchev–Trinajstić information content (AvgIpc) is 2.84. The highest BCUT2D eigenvalue weighted by Gasteiger charge is 2.24. The van der Waals surface area contributed by atoms with Gasteiger partial charge in [0.2, 0.25) is 0 Å². The molecular weight excluding hydrogens is 266 g/mol. The zero-order valence-electron chi connectivity index (χ0n) is 10.5. The van der Waals surface area contributed by atoms with Crippen molar-refractivity contribution in [3.8, 4) is 0 Å². The summed E-state index contributed by atoms with van der Waals surface area (Å²) in [6.07, 6.45) is -0.672. The van der Waals surface area contributed by atoms with E-state index in [0.29, 0.717) is 13.2 Å². The first-order valence-electron chi connectivity index (χ1n) is 5.92. The zero-order valence-corrected chi connectivity index (χ0v) is 10.5. The van der Waals surface area contributed by atoms with E-state index in [1.54, 1.807) is 18.2 Å². The number of amides is 1. The van der Waals surface area contributed by atoms with Gasteiger partial charge in [0.05, 0.1) is 19.6 Å². The maximum atomic E-state index is 11.9. The van der Waals surface area contributed by atoms with Crippen LogP contribution in [-0.2, 0) is 27.5 Å². The number of benzene rings is 1. The molecule has 106 valence electrons. The first-order chi connectivity index (χ1) is 9.47. The highest BCUT2D eigenvalue weighted by atomic mass is 16.5. The number of hydrogen-bond acceptors (Lipinski definition) is 4. The minimum absolute atomic E-state index is 0.283. The van der Waals surface area contributed by atoms with Gasteiger partial charge in [-0.3, -0.25) is 9.59 Å². The van der Waals surface area contributed by atoms with Gasteiger partial charge in [-0.25, -0.2) is 4.79 Å². The van der Waals surface area contributed by atoms with Gasteiger partial charge in [-0.2, -0.15) is 0 Å². The summed E-state index contributed by atoms with van der Waals surface area (Å²) in [5.74, 6) is -3.29. The van der Waals surface area contributed by atoms with Crippen LogP contribution in [0.2, 0.25) is 0 Å². The molecule has 1 heterocycles. The highest BCUT2D eigenvalue weighted by Crippen LogP contribution is 2.20. The molecule has 1 aromatic rings. The molecule has 0 saturated heterocycles. The number of carboxylic acids is 2. The standard InChI is InChI=1S/C13H13NO6/c15-11(16)4-10(13(18)19)14-12(17)7-1-2-8-5-20-6-9(8)3-7/h1-3,10H,4-6H2,(H,14,17)(H,15,16)(H,18,19). The van der Waals surface area contributed by atoms with Crippen LogP contribution in [0.15, 0.2) is 18.2 Å². The van der Waals surface area contributed by atoms with E-state index in [4.69, 9.17) is 14.9 Å². The zero-order chi connectivity index (χ0) is 14.7. The van der Waals surface area contributed by atoms with Gasteiger partial charge in [-0.05, 0) is 23.3 Å². The number of carbonyl (C=O) groups is 3. The van der Waals surface area contributed by atoms with Gasteiger partial charge in [0.25, 0.3) is 5.91 Å². The van der Waals surface area contributed by atoms with Crippen molar-refractivity contribution < 1.29 is 29.3 Å². The number of hydrogen-bond donors (Lipinski definition) is 3. The topological polar surface area (TPSA) is 113 Å². The van der Waals surface area contributed by atoms with Gasteiger partial charge in [0.1, 0.15) is 6.04 Å². The van der Waals surface area contributed by atoms with Crippen LogP contribution in [0.4, 0.5) is 0 Å². The van der Waals surface area contributed by atoms with E-state index in [1.807, 2.05) is 0 Å². The Morgan fingerprint density at radius 3 is 2.55 bits per heavy atom. The summed E-state index contributed by atoms with van der Waals surface area (Å²) < 4.78 is 5.22. The van der Waals surface area contributed by atoms with Gasteiger partial charge in [-0.1, -0.05) is 6.07 Å². The lowest BCUT2D eigenvalue weighted by Crippen LogP contribution is -2.42. The quantitative estimate of drug-likeness (QED) is 0.718. The van der Waals surface area contributed by atoms with Gasteiger partial charge in [-0.15, -0.1) is 0 Å². The van der Waals surface area contributed by atoms with Crippen molar-refractivity contribution in [1.82, 2.24) is 5.32 Å². The van der Waals surface area contributed by atoms with Gasteiger partial charge in [0, 0.05) is 5.56 Å². The van der Waals surface area contributed by atoms with Gasteiger partial charge in [0.15, 0.2) is 0 Å². The SMILES string of the molecule is O=C(O)CC(NC(=O)c1ccc2c(c1)COC2)C(=O)O. The summed E-state index contributed by atoms with van der Waals surface area (Å²) in [5, 5.41) is 19.7. The van der Waals surface area contributed by atoms with E-state index in [2.05, 4.69) is 5.32 Å². The molecule has 1 unspecified atom stereocenters. The molecular formula is C13H13NO6. The second-order valence-corrected chi connectivity index (χ2v) is 4.44. The summed E-state index contributed by atoms with van der Waals surface area (Å²) in [6.45, 7) is 0.905. The van der Waals surface area contributed by atoms with Crippen LogP contribution in [-0.4, -0.2) is 34.1 Å². The maximum Gasteiger partial charge on any atom is 0.326 e. The molecule has 0 fully saturated rings. The lowest BCUT2D eigenvalue weighted by atomic mass is 10.1. The predicted octanol–water partition coefficient (Wildman–Crippen LogP) is 0.374. The number of carboxylic acid groups (broad SMARTS) is 2. The second kappa shape index (κ2) is 5.70. The molecule has 3 N–H and O–H groups in total. The lowest BCUT2D eigenvalue weighted by molar-refractivity contribution is -0.145. The summed E-state index contributed by atoms with van der Waals surface area (Å²) in [6, 6.07) is 3.47. The number of nitrogens with one attached hydrogen (secondary N) is 1. The number of rotatable bonds is 5. The number of carbonyl (C=O) groups excluding carboxylic acids is 1. The molecule has 7 nitrogen and oxygen atoms in total. The Morgan fingerprint density at radius 1 is 1.20 bits per heavy atom. The molecule has 1 amide bonds. The Bertz CT molecular complexity index is 568. The molecule has 0 saturated carbocycles. The molecule has 7 heteroatoms. The van der Waals surface area contributed by atoms with E-state index in [0.717, 1.165) is 11.1 Å². The summed E-state index contributed by atoms with van der Waals surface area (Å²) >= 11 is 0. The van der Waals surface area contributed by atoms with E-state index >= 15 is 0 Å². The number of aliphatic carboxylic acids is 2. The van der Waals surface area contributed by atoms with Crippen molar-refractivity contribution in [3.05, 3.63) is 34.9 Å². The lowest BCUT2D eigenvalue weighted by Gasteiger charge is -2.12. The van der Waals surface area contributed by atoms with Gasteiger partial charge >= 0.3 is 11.9 Å². The minimum Gasteiger partial charge on any atom is -0.481 e.